The standard InChI is InChI=1S/C11H10ClN3/c1-7-4-8(5-7)11-14-10(12)9-6-13-2-3-15(9)11/h2-3,6,8H,1,4-5H2. The van der Waals surface area contributed by atoms with Crippen LogP contribution in [0.3, 0.4) is 0 Å². The van der Waals surface area contributed by atoms with E-state index in [-0.39, 0.29) is 0 Å². The minimum Gasteiger partial charge on any atom is -0.299 e. The molecule has 0 atom stereocenters. The van der Waals surface area contributed by atoms with Crippen LogP contribution in [-0.4, -0.2) is 14.4 Å². The van der Waals surface area contributed by atoms with Gasteiger partial charge in [0, 0.05) is 18.3 Å². The van der Waals surface area contributed by atoms with Crippen molar-refractivity contribution in [3.05, 3.63) is 41.7 Å². The number of fused-ring (bicyclic) bond motifs is 1. The van der Waals surface area contributed by atoms with Crippen molar-refractivity contribution in [2.45, 2.75) is 18.8 Å². The third-order valence-electron chi connectivity index (χ3n) is 2.86. The van der Waals surface area contributed by atoms with Crippen LogP contribution in [0.4, 0.5) is 0 Å². The maximum atomic E-state index is 6.04. The van der Waals surface area contributed by atoms with Crippen LogP contribution in [0, 0.1) is 0 Å². The number of aromatic nitrogens is 3. The molecular formula is C11H10ClN3. The highest BCUT2D eigenvalue weighted by Crippen LogP contribution is 2.40. The molecule has 0 spiro atoms. The zero-order valence-electron chi connectivity index (χ0n) is 8.15. The topological polar surface area (TPSA) is 30.2 Å². The van der Waals surface area contributed by atoms with Gasteiger partial charge in [-0.15, -0.1) is 0 Å². The lowest BCUT2D eigenvalue weighted by Crippen LogP contribution is -2.14. The maximum Gasteiger partial charge on any atom is 0.156 e. The predicted octanol–water partition coefficient (Wildman–Crippen LogP) is 2.82. The van der Waals surface area contributed by atoms with E-state index in [1.807, 2.05) is 10.6 Å². The Morgan fingerprint density at radius 2 is 2.27 bits per heavy atom. The van der Waals surface area contributed by atoms with Gasteiger partial charge in [0.25, 0.3) is 0 Å². The molecule has 1 aliphatic carbocycles. The highest BCUT2D eigenvalue weighted by atomic mass is 35.5. The number of imidazole rings is 1. The fourth-order valence-corrected chi connectivity index (χ4v) is 2.26. The molecule has 0 aromatic carbocycles. The van der Waals surface area contributed by atoms with Crippen LogP contribution in [0.25, 0.3) is 5.52 Å². The number of rotatable bonds is 1. The van der Waals surface area contributed by atoms with E-state index in [0.29, 0.717) is 11.1 Å². The molecule has 2 heterocycles. The first-order valence-corrected chi connectivity index (χ1v) is 5.27. The van der Waals surface area contributed by atoms with Crippen molar-refractivity contribution in [3.63, 3.8) is 0 Å². The lowest BCUT2D eigenvalue weighted by atomic mass is 9.80. The Balaban J connectivity index is 2.15. The fraction of sp³-hybridized carbons (Fsp3) is 0.273. The molecule has 0 N–H and O–H groups in total. The van der Waals surface area contributed by atoms with Gasteiger partial charge in [0.2, 0.25) is 0 Å². The van der Waals surface area contributed by atoms with Gasteiger partial charge in [0.05, 0.1) is 6.20 Å². The van der Waals surface area contributed by atoms with Gasteiger partial charge in [-0.05, 0) is 12.8 Å². The van der Waals surface area contributed by atoms with Crippen molar-refractivity contribution in [1.29, 1.82) is 0 Å². The SMILES string of the molecule is C=C1CC(c2nc(Cl)c3cnccn23)C1. The van der Waals surface area contributed by atoms with Crippen LogP contribution in [-0.2, 0) is 0 Å². The van der Waals surface area contributed by atoms with Gasteiger partial charge >= 0.3 is 0 Å². The molecule has 0 amide bonds. The summed E-state index contributed by atoms with van der Waals surface area (Å²) in [6.45, 7) is 3.94. The van der Waals surface area contributed by atoms with E-state index < -0.39 is 0 Å². The molecule has 4 heteroatoms. The fourth-order valence-electron chi connectivity index (χ4n) is 2.03. The second-order valence-electron chi connectivity index (χ2n) is 3.95. The quantitative estimate of drug-likeness (QED) is 0.691. The first kappa shape index (κ1) is 8.92. The van der Waals surface area contributed by atoms with Crippen LogP contribution in [0.5, 0.6) is 0 Å². The van der Waals surface area contributed by atoms with Crippen molar-refractivity contribution in [2.24, 2.45) is 0 Å². The van der Waals surface area contributed by atoms with Crippen LogP contribution >= 0.6 is 11.6 Å². The molecule has 0 radical (unpaired) electrons. The van der Waals surface area contributed by atoms with Gasteiger partial charge in [0.15, 0.2) is 5.15 Å². The van der Waals surface area contributed by atoms with Gasteiger partial charge in [0.1, 0.15) is 11.3 Å². The highest BCUT2D eigenvalue weighted by molar-refractivity contribution is 6.32. The molecular weight excluding hydrogens is 210 g/mol. The average molecular weight is 220 g/mol. The van der Waals surface area contributed by atoms with E-state index in [4.69, 9.17) is 11.6 Å². The molecule has 2 aromatic rings. The van der Waals surface area contributed by atoms with E-state index >= 15 is 0 Å². The lowest BCUT2D eigenvalue weighted by molar-refractivity contribution is 0.521. The van der Waals surface area contributed by atoms with E-state index in [1.165, 1.54) is 5.57 Å². The molecule has 3 nitrogen and oxygen atoms in total. The van der Waals surface area contributed by atoms with E-state index in [1.54, 1.807) is 12.4 Å². The summed E-state index contributed by atoms with van der Waals surface area (Å²) >= 11 is 6.04. The van der Waals surface area contributed by atoms with Crippen LogP contribution < -0.4 is 0 Å². The van der Waals surface area contributed by atoms with Crippen molar-refractivity contribution >= 4 is 17.1 Å². The number of hydrogen-bond donors (Lipinski definition) is 0. The Labute approximate surface area is 92.4 Å². The molecule has 0 bridgehead atoms. The summed E-state index contributed by atoms with van der Waals surface area (Å²) in [5.74, 6) is 1.50. The summed E-state index contributed by atoms with van der Waals surface area (Å²) in [5, 5.41) is 0.538. The van der Waals surface area contributed by atoms with Crippen molar-refractivity contribution in [3.8, 4) is 0 Å². The summed E-state index contributed by atoms with van der Waals surface area (Å²) in [5.41, 5.74) is 2.17. The summed E-state index contributed by atoms with van der Waals surface area (Å²) in [7, 11) is 0. The van der Waals surface area contributed by atoms with Gasteiger partial charge in [-0.2, -0.15) is 0 Å². The molecule has 1 aliphatic rings. The molecule has 0 aliphatic heterocycles. The van der Waals surface area contributed by atoms with Gasteiger partial charge in [-0.25, -0.2) is 4.98 Å². The van der Waals surface area contributed by atoms with Crippen molar-refractivity contribution < 1.29 is 0 Å². The zero-order valence-corrected chi connectivity index (χ0v) is 8.91. The van der Waals surface area contributed by atoms with Gasteiger partial charge in [-0.1, -0.05) is 23.8 Å². The molecule has 3 rings (SSSR count). The second kappa shape index (κ2) is 3.07. The van der Waals surface area contributed by atoms with Crippen LogP contribution in [0.1, 0.15) is 24.6 Å². The monoisotopic (exact) mass is 219 g/mol. The van der Waals surface area contributed by atoms with Crippen molar-refractivity contribution in [2.75, 3.05) is 0 Å². The summed E-state index contributed by atoms with van der Waals surface area (Å²) in [6, 6.07) is 0. The van der Waals surface area contributed by atoms with E-state index in [9.17, 15) is 0 Å². The number of allylic oxidation sites excluding steroid dienone is 1. The number of hydrogen-bond acceptors (Lipinski definition) is 2. The largest absolute Gasteiger partial charge is 0.299 e. The van der Waals surface area contributed by atoms with E-state index in [2.05, 4.69) is 16.5 Å². The molecule has 76 valence electrons. The molecule has 0 unspecified atom stereocenters. The van der Waals surface area contributed by atoms with Gasteiger partial charge in [-0.3, -0.25) is 9.38 Å². The first-order chi connectivity index (χ1) is 7.25. The molecule has 15 heavy (non-hydrogen) atoms. The predicted molar refractivity (Wildman–Crippen MR) is 59.1 cm³/mol. The van der Waals surface area contributed by atoms with Crippen LogP contribution in [0.15, 0.2) is 30.7 Å². The molecule has 0 saturated heterocycles. The maximum absolute atomic E-state index is 6.04. The second-order valence-corrected chi connectivity index (χ2v) is 4.31. The smallest absolute Gasteiger partial charge is 0.156 e. The Hall–Kier alpha value is -1.35. The normalized spacial score (nSPS) is 17.0. The minimum atomic E-state index is 0.472. The first-order valence-electron chi connectivity index (χ1n) is 4.90. The summed E-state index contributed by atoms with van der Waals surface area (Å²) in [6.07, 6.45) is 7.45. The Morgan fingerprint density at radius 1 is 1.47 bits per heavy atom. The minimum absolute atomic E-state index is 0.472. The summed E-state index contributed by atoms with van der Waals surface area (Å²) < 4.78 is 2.02. The third kappa shape index (κ3) is 1.27. The summed E-state index contributed by atoms with van der Waals surface area (Å²) in [4.78, 5) is 8.44. The molecule has 1 saturated carbocycles. The Kier molecular flexibility index (Phi) is 1.83. The highest BCUT2D eigenvalue weighted by Gasteiger charge is 2.27. The lowest BCUT2D eigenvalue weighted by Gasteiger charge is -2.26. The van der Waals surface area contributed by atoms with E-state index in [0.717, 1.165) is 24.2 Å². The Morgan fingerprint density at radius 3 is 3.00 bits per heavy atom. The number of halogens is 1. The molecule has 1 fully saturated rings. The molecule has 2 aromatic heterocycles. The van der Waals surface area contributed by atoms with Crippen molar-refractivity contribution in [1.82, 2.24) is 14.4 Å². The Bertz CT molecular complexity index is 536. The van der Waals surface area contributed by atoms with Crippen LogP contribution in [0.2, 0.25) is 5.15 Å². The third-order valence-corrected chi connectivity index (χ3v) is 3.14. The average Bonchev–Trinajstić information content (AvgIpc) is 2.52. The van der Waals surface area contributed by atoms with Gasteiger partial charge < -0.3 is 0 Å². The zero-order chi connectivity index (χ0) is 10.4. The number of nitrogens with zero attached hydrogens (tertiary/aromatic N) is 3.